The van der Waals surface area contributed by atoms with E-state index in [9.17, 15) is 0 Å². The minimum Gasteiger partial charge on any atom is -0.312 e. The molecule has 0 atom stereocenters. The van der Waals surface area contributed by atoms with E-state index in [0.29, 0.717) is 5.41 Å². The summed E-state index contributed by atoms with van der Waals surface area (Å²) in [5.41, 5.74) is 1.77. The number of benzene rings is 1. The maximum Gasteiger partial charge on any atom is 0.0205 e. The van der Waals surface area contributed by atoms with Crippen molar-refractivity contribution in [3.63, 3.8) is 0 Å². The number of halogens is 1. The summed E-state index contributed by atoms with van der Waals surface area (Å²) in [7, 11) is 0. The highest BCUT2D eigenvalue weighted by Gasteiger charge is 2.13. The minimum absolute atomic E-state index is 0.406. The monoisotopic (exact) mass is 317 g/mol. The zero-order valence-electron chi connectivity index (χ0n) is 9.81. The van der Waals surface area contributed by atoms with Gasteiger partial charge < -0.3 is 5.32 Å². The van der Waals surface area contributed by atoms with Gasteiger partial charge >= 0.3 is 0 Å². The van der Waals surface area contributed by atoms with E-state index in [1.54, 1.807) is 0 Å². The van der Waals surface area contributed by atoms with E-state index < -0.39 is 0 Å². The Labute approximate surface area is 107 Å². The summed E-state index contributed by atoms with van der Waals surface area (Å²) in [5.74, 6) is 0. The minimum atomic E-state index is 0.406. The highest BCUT2D eigenvalue weighted by atomic mass is 127. The predicted octanol–water partition coefficient (Wildman–Crippen LogP) is 3.82. The van der Waals surface area contributed by atoms with Crippen molar-refractivity contribution in [1.82, 2.24) is 5.32 Å². The highest BCUT2D eigenvalue weighted by molar-refractivity contribution is 14.1. The largest absolute Gasteiger partial charge is 0.312 e. The molecular weight excluding hydrogens is 297 g/mol. The number of nitrogens with one attached hydrogen (secondary N) is 1. The van der Waals surface area contributed by atoms with Crippen molar-refractivity contribution in [2.24, 2.45) is 5.41 Å². The summed E-state index contributed by atoms with van der Waals surface area (Å²) in [6.07, 6.45) is 1.21. The molecule has 1 aromatic rings. The van der Waals surface area contributed by atoms with Crippen molar-refractivity contribution in [3.8, 4) is 0 Å². The summed E-state index contributed by atoms with van der Waals surface area (Å²) >= 11 is 2.33. The summed E-state index contributed by atoms with van der Waals surface area (Å²) in [6.45, 7) is 8.89. The third-order valence-corrected chi connectivity index (χ3v) is 3.52. The van der Waals surface area contributed by atoms with Gasteiger partial charge in [0.15, 0.2) is 0 Å². The Bertz CT molecular complexity index is 290. The Balaban J connectivity index is 2.35. The molecule has 15 heavy (non-hydrogen) atoms. The highest BCUT2D eigenvalue weighted by Crippen LogP contribution is 2.17. The van der Waals surface area contributed by atoms with Crippen LogP contribution in [-0.4, -0.2) is 6.54 Å². The smallest absolute Gasteiger partial charge is 0.0205 e. The van der Waals surface area contributed by atoms with Crippen LogP contribution in [0.4, 0.5) is 0 Å². The van der Waals surface area contributed by atoms with Gasteiger partial charge in [-0.25, -0.2) is 0 Å². The lowest BCUT2D eigenvalue weighted by Crippen LogP contribution is -2.28. The maximum absolute atomic E-state index is 3.51. The third kappa shape index (κ3) is 4.98. The molecular formula is C13H20IN. The Kier molecular flexibility index (Phi) is 5.06. The van der Waals surface area contributed by atoms with Gasteiger partial charge in [-0.05, 0) is 52.1 Å². The van der Waals surface area contributed by atoms with E-state index in [-0.39, 0.29) is 0 Å². The van der Waals surface area contributed by atoms with Crippen LogP contribution in [-0.2, 0) is 6.54 Å². The fourth-order valence-corrected chi connectivity index (χ4v) is 1.63. The molecule has 0 radical (unpaired) electrons. The van der Waals surface area contributed by atoms with Crippen LogP contribution in [0.5, 0.6) is 0 Å². The maximum atomic E-state index is 3.51. The molecule has 0 heterocycles. The molecule has 1 rings (SSSR count). The van der Waals surface area contributed by atoms with Crippen LogP contribution >= 0.6 is 22.6 Å². The van der Waals surface area contributed by atoms with E-state index >= 15 is 0 Å². The number of hydrogen-bond donors (Lipinski definition) is 1. The number of hydrogen-bond acceptors (Lipinski definition) is 1. The van der Waals surface area contributed by atoms with Gasteiger partial charge in [-0.2, -0.15) is 0 Å². The average Bonchev–Trinajstić information content (AvgIpc) is 2.21. The molecule has 1 N–H and O–H groups in total. The normalized spacial score (nSPS) is 11.7. The van der Waals surface area contributed by atoms with Gasteiger partial charge in [0.2, 0.25) is 0 Å². The molecule has 0 aromatic heterocycles. The summed E-state index contributed by atoms with van der Waals surface area (Å²) in [6, 6.07) is 8.69. The van der Waals surface area contributed by atoms with Gasteiger partial charge in [0, 0.05) is 16.7 Å². The van der Waals surface area contributed by atoms with Gasteiger partial charge in [0.25, 0.3) is 0 Å². The molecule has 0 saturated heterocycles. The van der Waals surface area contributed by atoms with Crippen molar-refractivity contribution in [2.45, 2.75) is 33.7 Å². The van der Waals surface area contributed by atoms with Crippen molar-refractivity contribution in [2.75, 3.05) is 6.54 Å². The standard InChI is InChI=1S/C13H20IN/c1-4-13(2,3)10-15-9-11-5-7-12(14)8-6-11/h5-8,15H,4,9-10H2,1-3H3. The molecule has 0 aliphatic carbocycles. The molecule has 0 amide bonds. The van der Waals surface area contributed by atoms with Crippen molar-refractivity contribution in [3.05, 3.63) is 33.4 Å². The first-order valence-electron chi connectivity index (χ1n) is 5.49. The molecule has 0 spiro atoms. The second-order valence-electron chi connectivity index (χ2n) is 4.75. The van der Waals surface area contributed by atoms with Gasteiger partial charge in [-0.3, -0.25) is 0 Å². The summed E-state index contributed by atoms with van der Waals surface area (Å²) < 4.78 is 1.30. The van der Waals surface area contributed by atoms with E-state index in [0.717, 1.165) is 13.1 Å². The molecule has 0 aliphatic rings. The molecule has 0 aliphatic heterocycles. The van der Waals surface area contributed by atoms with Crippen LogP contribution in [0.2, 0.25) is 0 Å². The van der Waals surface area contributed by atoms with Crippen LogP contribution in [0.15, 0.2) is 24.3 Å². The molecule has 1 aromatic carbocycles. The topological polar surface area (TPSA) is 12.0 Å². The van der Waals surface area contributed by atoms with Crippen LogP contribution in [0.3, 0.4) is 0 Å². The van der Waals surface area contributed by atoms with Gasteiger partial charge in [0.05, 0.1) is 0 Å². The van der Waals surface area contributed by atoms with Crippen molar-refractivity contribution < 1.29 is 0 Å². The molecule has 0 unspecified atom stereocenters. The molecule has 2 heteroatoms. The Morgan fingerprint density at radius 3 is 2.33 bits per heavy atom. The fraction of sp³-hybridized carbons (Fsp3) is 0.538. The van der Waals surface area contributed by atoms with Crippen LogP contribution in [0.1, 0.15) is 32.8 Å². The first-order valence-corrected chi connectivity index (χ1v) is 6.56. The zero-order chi connectivity index (χ0) is 11.3. The Morgan fingerprint density at radius 1 is 1.20 bits per heavy atom. The third-order valence-electron chi connectivity index (χ3n) is 2.80. The van der Waals surface area contributed by atoms with E-state index in [2.05, 4.69) is 72.9 Å². The summed E-state index contributed by atoms with van der Waals surface area (Å²) in [4.78, 5) is 0. The lowest BCUT2D eigenvalue weighted by molar-refractivity contribution is 0.327. The fourth-order valence-electron chi connectivity index (χ4n) is 1.27. The van der Waals surface area contributed by atoms with Gasteiger partial charge in [-0.15, -0.1) is 0 Å². The first-order chi connectivity index (χ1) is 7.03. The molecule has 0 saturated carbocycles. The van der Waals surface area contributed by atoms with E-state index in [1.165, 1.54) is 15.6 Å². The lowest BCUT2D eigenvalue weighted by Gasteiger charge is -2.22. The van der Waals surface area contributed by atoms with Crippen LogP contribution in [0.25, 0.3) is 0 Å². The van der Waals surface area contributed by atoms with Gasteiger partial charge in [0.1, 0.15) is 0 Å². The van der Waals surface area contributed by atoms with E-state index in [4.69, 9.17) is 0 Å². The van der Waals surface area contributed by atoms with Crippen molar-refractivity contribution >= 4 is 22.6 Å². The molecule has 0 bridgehead atoms. The molecule has 84 valence electrons. The first kappa shape index (κ1) is 13.0. The SMILES string of the molecule is CCC(C)(C)CNCc1ccc(I)cc1. The second kappa shape index (κ2) is 5.85. The van der Waals surface area contributed by atoms with E-state index in [1.807, 2.05) is 0 Å². The zero-order valence-corrected chi connectivity index (χ0v) is 12.0. The Morgan fingerprint density at radius 2 is 1.80 bits per heavy atom. The Hall–Kier alpha value is -0.0900. The van der Waals surface area contributed by atoms with Gasteiger partial charge in [-0.1, -0.05) is 32.9 Å². The van der Waals surface area contributed by atoms with Crippen LogP contribution < -0.4 is 5.32 Å². The number of rotatable bonds is 5. The molecule has 0 fully saturated rings. The molecule has 1 nitrogen and oxygen atoms in total. The second-order valence-corrected chi connectivity index (χ2v) is 5.99. The van der Waals surface area contributed by atoms with Crippen molar-refractivity contribution in [1.29, 1.82) is 0 Å². The quantitative estimate of drug-likeness (QED) is 0.814. The lowest BCUT2D eigenvalue weighted by atomic mass is 9.90. The predicted molar refractivity (Wildman–Crippen MR) is 74.9 cm³/mol. The van der Waals surface area contributed by atoms with Crippen LogP contribution in [0, 0.1) is 8.99 Å². The summed E-state index contributed by atoms with van der Waals surface area (Å²) in [5, 5.41) is 3.51. The average molecular weight is 317 g/mol.